The summed E-state index contributed by atoms with van der Waals surface area (Å²) in [6.45, 7) is 2.56. The fourth-order valence-corrected chi connectivity index (χ4v) is 2.85. The number of ether oxygens (including phenoxy) is 1. The molecule has 2 aromatic heterocycles. The van der Waals surface area contributed by atoms with Gasteiger partial charge in [-0.05, 0) is 24.3 Å². The highest BCUT2D eigenvalue weighted by Crippen LogP contribution is 2.26. The van der Waals surface area contributed by atoms with E-state index in [0.29, 0.717) is 24.7 Å². The number of carbonyl (C=O) groups is 1. The number of rotatable bonds is 7. The highest BCUT2D eigenvalue weighted by molar-refractivity contribution is 7.15. The topological polar surface area (TPSA) is 77.2 Å². The lowest BCUT2D eigenvalue weighted by Gasteiger charge is -2.01. The van der Waals surface area contributed by atoms with E-state index < -0.39 is 0 Å². The number of benzene rings is 1. The van der Waals surface area contributed by atoms with Gasteiger partial charge in [-0.3, -0.25) is 4.79 Å². The molecule has 0 saturated heterocycles. The fourth-order valence-electron chi connectivity index (χ4n) is 1.98. The van der Waals surface area contributed by atoms with Gasteiger partial charge in [0.15, 0.2) is 6.61 Å². The van der Waals surface area contributed by atoms with E-state index in [2.05, 4.69) is 15.5 Å². The highest BCUT2D eigenvalue weighted by atomic mass is 32.1. The van der Waals surface area contributed by atoms with Gasteiger partial charge in [0.2, 0.25) is 11.7 Å². The number of nitrogens with zero attached hydrogens (tertiary/aromatic N) is 2. The number of thiophene rings is 1. The van der Waals surface area contributed by atoms with Gasteiger partial charge in [0.1, 0.15) is 5.75 Å². The van der Waals surface area contributed by atoms with Crippen LogP contribution in [0, 0.1) is 0 Å². The number of amides is 1. The molecule has 0 bridgehead atoms. The summed E-state index contributed by atoms with van der Waals surface area (Å²) in [7, 11) is 0. The van der Waals surface area contributed by atoms with Crippen molar-refractivity contribution in [3.63, 3.8) is 0 Å². The summed E-state index contributed by atoms with van der Waals surface area (Å²) >= 11 is 1.53. The Bertz CT molecular complexity index is 798. The van der Waals surface area contributed by atoms with E-state index >= 15 is 0 Å². The summed E-state index contributed by atoms with van der Waals surface area (Å²) in [6.07, 6.45) is 0.480. The molecule has 124 valence electrons. The predicted molar refractivity (Wildman–Crippen MR) is 90.5 cm³/mol. The van der Waals surface area contributed by atoms with E-state index in [1.165, 1.54) is 11.3 Å². The van der Waals surface area contributed by atoms with Crippen LogP contribution in [0.1, 0.15) is 24.1 Å². The second-order valence-electron chi connectivity index (χ2n) is 5.01. The van der Waals surface area contributed by atoms with Crippen LogP contribution in [0.15, 0.2) is 47.0 Å². The Balaban J connectivity index is 1.59. The average Bonchev–Trinajstić information content (AvgIpc) is 3.28. The summed E-state index contributed by atoms with van der Waals surface area (Å²) in [5.41, 5.74) is 0. The molecule has 0 atom stereocenters. The van der Waals surface area contributed by atoms with Gasteiger partial charge >= 0.3 is 0 Å². The van der Waals surface area contributed by atoms with Crippen molar-refractivity contribution >= 4 is 17.2 Å². The van der Waals surface area contributed by atoms with Crippen molar-refractivity contribution in [2.45, 2.75) is 26.5 Å². The van der Waals surface area contributed by atoms with Crippen molar-refractivity contribution in [2.24, 2.45) is 0 Å². The van der Waals surface area contributed by atoms with Crippen LogP contribution in [0.3, 0.4) is 0 Å². The average molecular weight is 343 g/mol. The van der Waals surface area contributed by atoms with Crippen LogP contribution >= 0.6 is 11.3 Å². The molecular weight excluding hydrogens is 326 g/mol. The SMILES string of the molecule is CCC(=O)NCc1ccc(-c2noc(COc3ccccc3)n2)s1. The minimum absolute atomic E-state index is 0.0323. The number of aromatic nitrogens is 2. The second kappa shape index (κ2) is 7.74. The molecule has 6 nitrogen and oxygen atoms in total. The van der Waals surface area contributed by atoms with Crippen LogP contribution in [-0.4, -0.2) is 16.0 Å². The van der Waals surface area contributed by atoms with E-state index in [-0.39, 0.29) is 12.5 Å². The van der Waals surface area contributed by atoms with Crippen molar-refractivity contribution in [3.05, 3.63) is 53.2 Å². The van der Waals surface area contributed by atoms with Crippen molar-refractivity contribution < 1.29 is 14.1 Å². The van der Waals surface area contributed by atoms with E-state index in [1.54, 1.807) is 0 Å². The molecule has 3 aromatic rings. The lowest BCUT2D eigenvalue weighted by molar-refractivity contribution is -0.120. The molecular formula is C17H17N3O3S. The van der Waals surface area contributed by atoms with Crippen LogP contribution in [0.2, 0.25) is 0 Å². The number of carbonyl (C=O) groups excluding carboxylic acids is 1. The van der Waals surface area contributed by atoms with Crippen molar-refractivity contribution in [1.29, 1.82) is 0 Å². The van der Waals surface area contributed by atoms with Gasteiger partial charge in [0.05, 0.1) is 11.4 Å². The zero-order chi connectivity index (χ0) is 16.8. The second-order valence-corrected chi connectivity index (χ2v) is 6.18. The fraction of sp³-hybridized carbons (Fsp3) is 0.235. The number of hydrogen-bond donors (Lipinski definition) is 1. The molecule has 0 unspecified atom stereocenters. The third-order valence-corrected chi connectivity index (χ3v) is 4.32. The largest absolute Gasteiger partial charge is 0.484 e. The number of para-hydroxylation sites is 1. The molecule has 0 aliphatic rings. The van der Waals surface area contributed by atoms with E-state index in [0.717, 1.165) is 15.5 Å². The first kappa shape index (κ1) is 16.2. The molecule has 1 aromatic carbocycles. The maximum Gasteiger partial charge on any atom is 0.264 e. The zero-order valence-corrected chi connectivity index (χ0v) is 14.0. The Morgan fingerprint density at radius 3 is 2.88 bits per heavy atom. The van der Waals surface area contributed by atoms with Gasteiger partial charge in [-0.15, -0.1) is 11.3 Å². The molecule has 0 spiro atoms. The lowest BCUT2D eigenvalue weighted by atomic mass is 10.3. The number of nitrogens with one attached hydrogen (secondary N) is 1. The van der Waals surface area contributed by atoms with Crippen molar-refractivity contribution in [2.75, 3.05) is 0 Å². The van der Waals surface area contributed by atoms with Crippen molar-refractivity contribution in [1.82, 2.24) is 15.5 Å². The first-order chi connectivity index (χ1) is 11.7. The smallest absolute Gasteiger partial charge is 0.264 e. The van der Waals surface area contributed by atoms with E-state index in [4.69, 9.17) is 9.26 Å². The van der Waals surface area contributed by atoms with Crippen LogP contribution in [0.25, 0.3) is 10.7 Å². The summed E-state index contributed by atoms with van der Waals surface area (Å²) in [5.74, 6) is 1.73. The molecule has 1 amide bonds. The Kier molecular flexibility index (Phi) is 5.22. The normalized spacial score (nSPS) is 10.5. The molecule has 3 rings (SSSR count). The third-order valence-electron chi connectivity index (χ3n) is 3.24. The van der Waals surface area contributed by atoms with Gasteiger partial charge in [-0.2, -0.15) is 4.98 Å². The monoisotopic (exact) mass is 343 g/mol. The molecule has 0 saturated carbocycles. The van der Waals surface area contributed by atoms with Crippen LogP contribution < -0.4 is 10.1 Å². The predicted octanol–water partition coefficient (Wildman–Crippen LogP) is 3.40. The van der Waals surface area contributed by atoms with E-state index in [1.807, 2.05) is 49.4 Å². The quantitative estimate of drug-likeness (QED) is 0.711. The molecule has 1 N–H and O–H groups in total. The van der Waals surface area contributed by atoms with E-state index in [9.17, 15) is 4.79 Å². The maximum absolute atomic E-state index is 11.3. The summed E-state index contributed by atoms with van der Waals surface area (Å²) < 4.78 is 10.8. The summed E-state index contributed by atoms with van der Waals surface area (Å²) in [5, 5.41) is 6.82. The Morgan fingerprint density at radius 1 is 1.25 bits per heavy atom. The summed E-state index contributed by atoms with van der Waals surface area (Å²) in [4.78, 5) is 17.6. The van der Waals surface area contributed by atoms with Gasteiger partial charge in [-0.1, -0.05) is 30.3 Å². The number of hydrogen-bond acceptors (Lipinski definition) is 6. The summed E-state index contributed by atoms with van der Waals surface area (Å²) in [6, 6.07) is 13.3. The Hall–Kier alpha value is -2.67. The molecule has 0 radical (unpaired) electrons. The third kappa shape index (κ3) is 4.20. The first-order valence-corrected chi connectivity index (χ1v) is 8.42. The molecule has 0 fully saturated rings. The van der Waals surface area contributed by atoms with Crippen LogP contribution in [-0.2, 0) is 17.9 Å². The van der Waals surface area contributed by atoms with Gasteiger partial charge in [0, 0.05) is 11.3 Å². The molecule has 24 heavy (non-hydrogen) atoms. The first-order valence-electron chi connectivity index (χ1n) is 7.61. The van der Waals surface area contributed by atoms with Gasteiger partial charge < -0.3 is 14.6 Å². The highest BCUT2D eigenvalue weighted by Gasteiger charge is 2.12. The molecule has 0 aliphatic heterocycles. The maximum atomic E-state index is 11.3. The van der Waals surface area contributed by atoms with Crippen LogP contribution in [0.5, 0.6) is 5.75 Å². The van der Waals surface area contributed by atoms with Gasteiger partial charge in [-0.25, -0.2) is 0 Å². The van der Waals surface area contributed by atoms with Crippen molar-refractivity contribution in [3.8, 4) is 16.5 Å². The van der Waals surface area contributed by atoms with Gasteiger partial charge in [0.25, 0.3) is 5.89 Å². The Morgan fingerprint density at radius 2 is 2.08 bits per heavy atom. The van der Waals surface area contributed by atoms with Crippen LogP contribution in [0.4, 0.5) is 0 Å². The molecule has 2 heterocycles. The lowest BCUT2D eigenvalue weighted by Crippen LogP contribution is -2.20. The Labute approximate surface area is 143 Å². The molecule has 0 aliphatic carbocycles. The minimum Gasteiger partial charge on any atom is -0.484 e. The standard InChI is InChI=1S/C17H17N3O3S/c1-2-15(21)18-10-13-8-9-14(24-13)17-19-16(23-20-17)11-22-12-6-4-3-5-7-12/h3-9H,2,10-11H2,1H3,(H,18,21). The zero-order valence-electron chi connectivity index (χ0n) is 13.2. The molecule has 7 heteroatoms. The minimum atomic E-state index is 0.0323.